The number of carbonyl (C=O) groups excluding carboxylic acids is 4. The quantitative estimate of drug-likeness (QED) is 0.0362. The molecule has 15 rings (SSSR count). The molecule has 8 aliphatic rings. The summed E-state index contributed by atoms with van der Waals surface area (Å²) in [5, 5.41) is 51.1. The van der Waals surface area contributed by atoms with Crippen molar-refractivity contribution in [2.45, 2.75) is 260 Å². The molecule has 0 heterocycles. The Labute approximate surface area is 607 Å². The zero-order valence-corrected chi connectivity index (χ0v) is 63.2. The lowest BCUT2D eigenvalue weighted by molar-refractivity contribution is -0.178. The lowest BCUT2D eigenvalue weighted by atomic mass is 9.48. The molecule has 3 unspecified atom stereocenters. The Bertz CT molecular complexity index is 4020. The van der Waals surface area contributed by atoms with E-state index in [4.69, 9.17) is 18.9 Å². The molecule has 0 aromatic heterocycles. The van der Waals surface area contributed by atoms with Crippen LogP contribution in [0.2, 0.25) is 0 Å². The molecule has 8 aliphatic carbocycles. The summed E-state index contributed by atoms with van der Waals surface area (Å²) in [4.78, 5) is 49.6. The molecule has 0 saturated heterocycles. The topological polar surface area (TPSA) is 186 Å². The van der Waals surface area contributed by atoms with Gasteiger partial charge in [0.2, 0.25) is 0 Å². The van der Waals surface area contributed by atoms with Crippen LogP contribution < -0.4 is 9.47 Å². The van der Waals surface area contributed by atoms with Crippen molar-refractivity contribution in [3.8, 4) is 11.5 Å². The molecule has 6 bridgehead atoms. The molecule has 548 valence electrons. The number of ether oxygens (including phenoxy) is 4. The van der Waals surface area contributed by atoms with E-state index in [-0.39, 0.29) is 23.9 Å². The van der Waals surface area contributed by atoms with Crippen LogP contribution in [0.25, 0.3) is 32.3 Å². The third kappa shape index (κ3) is 15.7. The summed E-state index contributed by atoms with van der Waals surface area (Å²) in [6, 6.07) is 43.9. The summed E-state index contributed by atoms with van der Waals surface area (Å²) in [7, 11) is 0. The van der Waals surface area contributed by atoms with Crippen molar-refractivity contribution in [3.63, 3.8) is 0 Å². The predicted molar refractivity (Wildman–Crippen MR) is 405 cm³/mol. The van der Waals surface area contributed by atoms with Crippen molar-refractivity contribution < 1.29 is 58.6 Å². The van der Waals surface area contributed by atoms with Gasteiger partial charge in [-0.1, -0.05) is 187 Å². The lowest BCUT2D eigenvalue weighted by Crippen LogP contribution is -2.55. The van der Waals surface area contributed by atoms with Gasteiger partial charge in [0.25, 0.3) is 0 Å². The molecule has 102 heavy (non-hydrogen) atoms. The molecular formula is C90H116O12. The van der Waals surface area contributed by atoms with Crippen LogP contribution in [0.4, 0.5) is 0 Å². The van der Waals surface area contributed by atoms with Gasteiger partial charge in [0.15, 0.2) is 0 Å². The number of fused-ring (bicyclic) bond motifs is 5. The molecule has 0 radical (unpaired) electrons. The fourth-order valence-electron chi connectivity index (χ4n) is 17.6. The van der Waals surface area contributed by atoms with E-state index in [9.17, 15) is 39.6 Å². The summed E-state index contributed by atoms with van der Waals surface area (Å²) in [5.74, 6) is 3.71. The van der Waals surface area contributed by atoms with Crippen molar-refractivity contribution in [2.24, 2.45) is 57.2 Å². The van der Waals surface area contributed by atoms with E-state index in [1.165, 1.54) is 19.3 Å². The minimum atomic E-state index is -0.812. The Morgan fingerprint density at radius 2 is 0.784 bits per heavy atom. The molecule has 0 amide bonds. The van der Waals surface area contributed by atoms with Gasteiger partial charge in [0, 0.05) is 16.2 Å². The second-order valence-electron chi connectivity index (χ2n) is 34.2. The second-order valence-corrected chi connectivity index (χ2v) is 34.2. The monoisotopic (exact) mass is 1390 g/mol. The summed E-state index contributed by atoms with van der Waals surface area (Å²) < 4.78 is 22.7. The first-order chi connectivity index (χ1) is 48.4. The first kappa shape index (κ1) is 76.2. The van der Waals surface area contributed by atoms with E-state index in [0.717, 1.165) is 193 Å². The van der Waals surface area contributed by atoms with Crippen molar-refractivity contribution in [3.05, 3.63) is 167 Å². The maximum atomic E-state index is 13.0. The molecule has 8 saturated carbocycles. The second kappa shape index (κ2) is 30.6. The highest BCUT2D eigenvalue weighted by molar-refractivity contribution is 6.10. The molecule has 3 atom stereocenters. The lowest BCUT2D eigenvalue weighted by Gasteiger charge is -2.59. The van der Waals surface area contributed by atoms with Gasteiger partial charge in [-0.2, -0.15) is 0 Å². The van der Waals surface area contributed by atoms with Crippen LogP contribution in [0.1, 0.15) is 258 Å². The summed E-state index contributed by atoms with van der Waals surface area (Å²) in [6.07, 6.45) is 22.1. The van der Waals surface area contributed by atoms with Crippen LogP contribution in [0.3, 0.4) is 0 Å². The summed E-state index contributed by atoms with van der Waals surface area (Å²) in [6.45, 7) is 23.8. The van der Waals surface area contributed by atoms with Crippen molar-refractivity contribution in [2.75, 3.05) is 0 Å². The minimum absolute atomic E-state index is 0.162. The average Bonchev–Trinajstić information content (AvgIpc) is 1.05. The van der Waals surface area contributed by atoms with Gasteiger partial charge in [-0.05, 0) is 256 Å². The van der Waals surface area contributed by atoms with Gasteiger partial charge in [0.05, 0.1) is 44.1 Å². The summed E-state index contributed by atoms with van der Waals surface area (Å²) in [5.41, 5.74) is 1.12. The van der Waals surface area contributed by atoms with Crippen LogP contribution in [0.15, 0.2) is 133 Å². The molecule has 12 heteroatoms. The van der Waals surface area contributed by atoms with Crippen LogP contribution in [-0.4, -0.2) is 44.3 Å². The molecule has 12 nitrogen and oxygen atoms in total. The Morgan fingerprint density at radius 1 is 0.402 bits per heavy atom. The van der Waals surface area contributed by atoms with Crippen LogP contribution >= 0.6 is 0 Å². The normalized spacial score (nSPS) is 24.6. The summed E-state index contributed by atoms with van der Waals surface area (Å²) >= 11 is 0. The number of esters is 4. The Hall–Kier alpha value is -6.96. The highest BCUT2D eigenvalue weighted by Crippen LogP contribution is 2.63. The van der Waals surface area contributed by atoms with E-state index in [1.54, 1.807) is 0 Å². The van der Waals surface area contributed by atoms with E-state index in [0.29, 0.717) is 54.8 Å². The maximum Gasteiger partial charge on any atom is 0.316 e. The zero-order chi connectivity index (χ0) is 73.2. The van der Waals surface area contributed by atoms with Crippen molar-refractivity contribution in [1.82, 2.24) is 0 Å². The Morgan fingerprint density at radius 3 is 1.20 bits per heavy atom. The Balaban J connectivity index is 0.000000138. The highest BCUT2D eigenvalue weighted by atomic mass is 16.5. The third-order valence-electron chi connectivity index (χ3n) is 25.8. The molecule has 7 aromatic carbocycles. The number of aliphatic hydroxyl groups is 4. The fourth-order valence-corrected chi connectivity index (χ4v) is 17.6. The van der Waals surface area contributed by atoms with Gasteiger partial charge in [0.1, 0.15) is 24.7 Å². The molecule has 8 fully saturated rings. The van der Waals surface area contributed by atoms with Gasteiger partial charge in [-0.15, -0.1) is 0 Å². The highest BCUT2D eigenvalue weighted by Gasteiger charge is 2.58. The van der Waals surface area contributed by atoms with E-state index in [2.05, 4.69) is 18.2 Å². The van der Waals surface area contributed by atoms with Crippen LogP contribution in [-0.2, 0) is 64.3 Å². The predicted octanol–water partition coefficient (Wildman–Crippen LogP) is 20.4. The molecule has 0 spiro atoms. The maximum absolute atomic E-state index is 13.0. The van der Waals surface area contributed by atoms with Gasteiger partial charge in [-0.3, -0.25) is 19.2 Å². The van der Waals surface area contributed by atoms with Gasteiger partial charge < -0.3 is 39.4 Å². The average molecular weight is 1390 g/mol. The minimum Gasteiger partial charge on any atom is -0.460 e. The third-order valence-corrected chi connectivity index (χ3v) is 25.8. The van der Waals surface area contributed by atoms with E-state index < -0.39 is 44.1 Å². The first-order valence-corrected chi connectivity index (χ1v) is 38.8. The van der Waals surface area contributed by atoms with Gasteiger partial charge >= 0.3 is 23.9 Å². The molecule has 0 aliphatic heterocycles. The van der Waals surface area contributed by atoms with Crippen LogP contribution in [0.5, 0.6) is 11.5 Å². The SMILES string of the molecule is CCC(C)(C)C(=O)OCc1ccc(C2(O)CCCC2)cc1.CCC(C)(C)C(=O)OCc1ccc(C2(O)CCCCC2)cc1.CCC(C)(C)C(=O)Oc1c2ccccc2c(C2(O)CC3CCC2C3)c2ccccc12.CCC(C)(C)C(=O)Oc1ccc(C2(O)C3CC4CC(C3)CC2C4)c2ccccc12. The number of carbonyl (C=O) groups is 4. The Kier molecular flexibility index (Phi) is 22.9. The van der Waals surface area contributed by atoms with Gasteiger partial charge in [-0.25, -0.2) is 0 Å². The van der Waals surface area contributed by atoms with E-state index in [1.807, 2.05) is 198 Å². The molecule has 4 N–H and O–H groups in total. The van der Waals surface area contributed by atoms with Crippen molar-refractivity contribution >= 4 is 56.2 Å². The number of benzene rings is 7. The standard InChI is InChI=1S/C27H30O3.C26H32O3.C19H28O3.C18H26O3/c1-4-26(2,3)25(28)30-24-21-11-7-5-9-19(21)23(20-10-6-8-12-22(20)24)27(29)16-17-13-14-18(27)15-17;1-4-25(2,3)24(27)29-23-10-9-22(20-7-5-6-8-21(20)23)26(28)18-12-16-11-17(14-18)15-19(26)13-16;1-4-18(2,3)17(20)22-14-15-8-10-16(11-9-15)19(21)12-6-5-7-13-19;1-4-17(2,3)16(19)21-13-14-7-9-15(10-8-14)18(20)11-5-6-12-18/h5-12,17-18,29H,4,13-16H2,1-3H3;5-10,16-19,28H,4,11-15H2,1-3H3;8-11,21H,4-7,12-14H2,1-3H3;7-10,20H,4-6,11-13H2,1-3H3. The molecule has 7 aromatic rings. The first-order valence-electron chi connectivity index (χ1n) is 38.8. The van der Waals surface area contributed by atoms with Crippen molar-refractivity contribution in [1.29, 1.82) is 0 Å². The van der Waals surface area contributed by atoms with Crippen LogP contribution in [0, 0.1) is 57.2 Å². The fraction of sp³-hybridized carbons (Fsp3) is 0.556. The zero-order valence-electron chi connectivity index (χ0n) is 63.2. The largest absolute Gasteiger partial charge is 0.460 e. The van der Waals surface area contributed by atoms with E-state index >= 15 is 0 Å². The smallest absolute Gasteiger partial charge is 0.316 e. The number of hydrogen-bond donors (Lipinski definition) is 4. The molecular weight excluding hydrogens is 1270 g/mol. The number of hydrogen-bond acceptors (Lipinski definition) is 12. The number of rotatable bonds is 18.